The van der Waals surface area contributed by atoms with E-state index in [0.717, 1.165) is 39.0 Å². The topological polar surface area (TPSA) is 133 Å². The van der Waals surface area contributed by atoms with Gasteiger partial charge >= 0.3 is 0 Å². The summed E-state index contributed by atoms with van der Waals surface area (Å²) in [6, 6.07) is 37.4. The van der Waals surface area contributed by atoms with Crippen LogP contribution < -0.4 is 19.8 Å². The molecule has 262 valence electrons. The van der Waals surface area contributed by atoms with Crippen LogP contribution >= 0.6 is 0 Å². The molecule has 0 atom stereocenters. The number of hydrogen-bond donors (Lipinski definition) is 2. The number of aliphatic imine (C=N–C) groups is 1. The lowest BCUT2D eigenvalue weighted by Crippen LogP contribution is -2.30. The van der Waals surface area contributed by atoms with Crippen LogP contribution in [0.2, 0.25) is 0 Å². The summed E-state index contributed by atoms with van der Waals surface area (Å²) in [7, 11) is 3.08. The lowest BCUT2D eigenvalue weighted by atomic mass is 10.0. The Bertz CT molecular complexity index is 2460. The Morgan fingerprint density at radius 3 is 2.25 bits per heavy atom. The second kappa shape index (κ2) is 15.0. The minimum Gasteiger partial charge on any atom is -0.493 e. The summed E-state index contributed by atoms with van der Waals surface area (Å²) in [5, 5.41) is 13.7. The van der Waals surface area contributed by atoms with Gasteiger partial charge in [0.2, 0.25) is 5.84 Å². The van der Waals surface area contributed by atoms with Crippen LogP contribution in [0, 0.1) is 6.92 Å². The summed E-state index contributed by atoms with van der Waals surface area (Å²) >= 11 is 0. The molecule has 5 aromatic carbocycles. The number of amidine groups is 2. The van der Waals surface area contributed by atoms with E-state index in [9.17, 15) is 9.59 Å². The number of aromatic nitrogens is 1. The van der Waals surface area contributed by atoms with Crippen molar-refractivity contribution in [2.75, 3.05) is 24.5 Å². The minimum atomic E-state index is -0.591. The molecule has 0 saturated heterocycles. The van der Waals surface area contributed by atoms with E-state index in [4.69, 9.17) is 9.47 Å². The number of aryl methyl sites for hydroxylation is 1. The number of anilines is 2. The minimum absolute atomic E-state index is 0.151. The molecule has 0 bridgehead atoms. The molecule has 2 amide bonds. The highest BCUT2D eigenvalue weighted by Crippen LogP contribution is 2.34. The number of ether oxygens (including phenoxy) is 2. The number of azo groups is 1. The van der Waals surface area contributed by atoms with Crippen molar-refractivity contribution in [2.24, 2.45) is 20.3 Å². The molecule has 6 aromatic rings. The maximum Gasteiger partial charge on any atom is 0.295 e. The summed E-state index contributed by atoms with van der Waals surface area (Å²) in [5.74, 6) is 0.799. The first kappa shape index (κ1) is 34.3. The van der Waals surface area contributed by atoms with E-state index in [1.165, 1.54) is 12.0 Å². The Labute approximate surface area is 306 Å². The van der Waals surface area contributed by atoms with Crippen molar-refractivity contribution in [3.8, 4) is 22.8 Å². The number of methoxy groups -OCH3 is 2. The molecule has 0 radical (unpaired) electrons. The van der Waals surface area contributed by atoms with Crippen LogP contribution in [-0.4, -0.2) is 42.7 Å². The summed E-state index contributed by atoms with van der Waals surface area (Å²) in [4.78, 5) is 36.8. The fourth-order valence-electron chi connectivity index (χ4n) is 6.05. The standard InChI is InChI=1S/C42H35N7O4/c1-26-12-8-10-16-34(26)45-46-40(30-20-23-37(52-3)38(24-30)53-4)47-48-41(50)29-18-21-31(22-19-29)49-27(2)43-36(42(49)51)25-33-32-15-9-11-17-35(32)44-39(33)28-13-6-5-7-14-28/h5-25,44-45H,1-4H3/b36-25-,46-40+,48-47?. The fraction of sp³-hybridized carbons (Fsp3) is 0.0952. The van der Waals surface area contributed by atoms with Gasteiger partial charge in [0.1, 0.15) is 11.5 Å². The van der Waals surface area contributed by atoms with Gasteiger partial charge in [-0.1, -0.05) is 66.7 Å². The van der Waals surface area contributed by atoms with E-state index in [1.54, 1.807) is 56.5 Å². The summed E-state index contributed by atoms with van der Waals surface area (Å²) < 4.78 is 10.8. The third-order valence-electron chi connectivity index (χ3n) is 8.79. The highest BCUT2D eigenvalue weighted by Gasteiger charge is 2.30. The van der Waals surface area contributed by atoms with Gasteiger partial charge in [0.05, 0.1) is 31.3 Å². The van der Waals surface area contributed by atoms with Gasteiger partial charge in [-0.15, -0.1) is 10.2 Å². The van der Waals surface area contributed by atoms with Gasteiger partial charge in [0, 0.05) is 27.6 Å². The molecule has 11 heteroatoms. The highest BCUT2D eigenvalue weighted by molar-refractivity contribution is 6.28. The zero-order valence-electron chi connectivity index (χ0n) is 29.5. The van der Waals surface area contributed by atoms with Crippen molar-refractivity contribution < 1.29 is 19.1 Å². The van der Waals surface area contributed by atoms with Crippen molar-refractivity contribution in [3.63, 3.8) is 0 Å². The van der Waals surface area contributed by atoms with Gasteiger partial charge in [-0.05, 0) is 85.6 Å². The van der Waals surface area contributed by atoms with Crippen molar-refractivity contribution >= 4 is 51.8 Å². The number of rotatable bonds is 9. The maximum absolute atomic E-state index is 13.8. The number of nitrogens with one attached hydrogen (secondary N) is 2. The number of carbonyl (C=O) groups excluding carboxylic acids is 2. The van der Waals surface area contributed by atoms with Crippen LogP contribution in [0.3, 0.4) is 0 Å². The first-order valence-corrected chi connectivity index (χ1v) is 16.8. The number of hydrazone groups is 1. The number of aromatic amines is 1. The summed E-state index contributed by atoms with van der Waals surface area (Å²) in [5.41, 5.74) is 10.2. The van der Waals surface area contributed by atoms with Crippen LogP contribution in [0.4, 0.5) is 11.4 Å². The fourth-order valence-corrected chi connectivity index (χ4v) is 6.05. The number of benzene rings is 5. The Kier molecular flexibility index (Phi) is 9.71. The average molecular weight is 702 g/mol. The monoisotopic (exact) mass is 701 g/mol. The number of nitrogens with zero attached hydrogens (tertiary/aromatic N) is 5. The molecule has 0 aliphatic carbocycles. The zero-order valence-corrected chi connectivity index (χ0v) is 29.5. The third kappa shape index (κ3) is 7.08. The van der Waals surface area contributed by atoms with Crippen molar-refractivity contribution in [1.29, 1.82) is 0 Å². The molecule has 0 unspecified atom stereocenters. The lowest BCUT2D eigenvalue weighted by molar-refractivity contribution is -0.113. The maximum atomic E-state index is 13.8. The van der Waals surface area contributed by atoms with Crippen LogP contribution in [0.25, 0.3) is 28.2 Å². The Morgan fingerprint density at radius 1 is 0.792 bits per heavy atom. The van der Waals surface area contributed by atoms with E-state index < -0.39 is 5.91 Å². The number of amides is 2. The van der Waals surface area contributed by atoms with Crippen molar-refractivity contribution in [3.05, 3.63) is 149 Å². The molecular weight excluding hydrogens is 667 g/mol. The molecule has 53 heavy (non-hydrogen) atoms. The number of H-pyrrole nitrogens is 1. The predicted molar refractivity (Wildman–Crippen MR) is 209 cm³/mol. The second-order valence-corrected chi connectivity index (χ2v) is 12.1. The number of fused-ring (bicyclic) bond motifs is 1. The van der Waals surface area contributed by atoms with Gasteiger partial charge in [0.15, 0.2) is 11.5 Å². The molecule has 0 fully saturated rings. The smallest absolute Gasteiger partial charge is 0.295 e. The van der Waals surface area contributed by atoms with Gasteiger partial charge in [0.25, 0.3) is 11.8 Å². The first-order chi connectivity index (χ1) is 25.8. The number of para-hydroxylation sites is 2. The molecule has 11 nitrogen and oxygen atoms in total. The second-order valence-electron chi connectivity index (χ2n) is 12.1. The number of hydrogen-bond acceptors (Lipinski definition) is 7. The molecule has 0 spiro atoms. The van der Waals surface area contributed by atoms with Crippen molar-refractivity contribution in [2.45, 2.75) is 13.8 Å². The van der Waals surface area contributed by atoms with Crippen molar-refractivity contribution in [1.82, 2.24) is 4.98 Å². The Hall–Kier alpha value is -7.14. The predicted octanol–water partition coefficient (Wildman–Crippen LogP) is 9.03. The van der Waals surface area contributed by atoms with Gasteiger partial charge in [-0.25, -0.2) is 4.99 Å². The van der Waals surface area contributed by atoms with E-state index >= 15 is 0 Å². The normalized spacial score (nSPS) is 13.9. The Morgan fingerprint density at radius 2 is 1.49 bits per heavy atom. The van der Waals surface area contributed by atoms with Gasteiger partial charge in [-0.2, -0.15) is 5.10 Å². The molecule has 0 saturated carbocycles. The highest BCUT2D eigenvalue weighted by atomic mass is 16.5. The van der Waals surface area contributed by atoms with E-state index in [-0.39, 0.29) is 17.3 Å². The van der Waals surface area contributed by atoms with E-state index in [0.29, 0.717) is 34.3 Å². The summed E-state index contributed by atoms with van der Waals surface area (Å²) in [6.45, 7) is 3.73. The third-order valence-corrected chi connectivity index (χ3v) is 8.79. The molecule has 7 rings (SSSR count). The molecule has 2 N–H and O–H groups in total. The van der Waals surface area contributed by atoms with Crippen LogP contribution in [0.15, 0.2) is 147 Å². The van der Waals surface area contributed by atoms with Crippen LogP contribution in [0.5, 0.6) is 11.5 Å². The molecule has 1 aromatic heterocycles. The number of carbonyl (C=O) groups is 2. The summed E-state index contributed by atoms with van der Waals surface area (Å²) in [6.07, 6.45) is 1.83. The van der Waals surface area contributed by atoms with E-state index in [2.05, 4.69) is 30.7 Å². The van der Waals surface area contributed by atoms with Crippen LogP contribution in [-0.2, 0) is 4.79 Å². The van der Waals surface area contributed by atoms with Crippen LogP contribution in [0.1, 0.15) is 34.0 Å². The van der Waals surface area contributed by atoms with Gasteiger partial charge < -0.3 is 14.5 Å². The van der Waals surface area contributed by atoms with E-state index in [1.807, 2.05) is 91.9 Å². The van der Waals surface area contributed by atoms with Gasteiger partial charge in [-0.3, -0.25) is 19.9 Å². The largest absolute Gasteiger partial charge is 0.493 e. The molecule has 2 heterocycles. The molecular formula is C42H35N7O4. The molecule has 1 aliphatic heterocycles. The first-order valence-electron chi connectivity index (χ1n) is 16.8. The molecule has 1 aliphatic rings. The average Bonchev–Trinajstić information content (AvgIpc) is 3.70. The zero-order chi connectivity index (χ0) is 36.9. The SMILES string of the molecule is COc1ccc(/C(N=NC(=O)c2ccc(N3C(=O)/C(=C/c4c(-c5ccccc5)[nH]c5ccccc45)N=C3C)cc2)=N\Nc2ccccc2C)cc1OC. The quantitative estimate of drug-likeness (QED) is 0.0510. The Balaban J connectivity index is 1.13. The lowest BCUT2D eigenvalue weighted by Gasteiger charge is -2.16.